The Morgan fingerprint density at radius 1 is 1.29 bits per heavy atom. The first-order valence-corrected chi connectivity index (χ1v) is 5.95. The van der Waals surface area contributed by atoms with Gasteiger partial charge in [0, 0.05) is 0 Å². The SMILES string of the molecule is CC1(C)Nc2cc(CCCN)ccc2NC1=O. The van der Waals surface area contributed by atoms with Crippen molar-refractivity contribution in [2.75, 3.05) is 17.2 Å². The number of hydrogen-bond acceptors (Lipinski definition) is 3. The maximum atomic E-state index is 11.7. The number of rotatable bonds is 3. The van der Waals surface area contributed by atoms with Crippen LogP contribution in [0.4, 0.5) is 11.4 Å². The maximum absolute atomic E-state index is 11.7. The first-order valence-electron chi connectivity index (χ1n) is 5.95. The lowest BCUT2D eigenvalue weighted by Gasteiger charge is -2.33. The number of amides is 1. The van der Waals surface area contributed by atoms with Gasteiger partial charge in [0.1, 0.15) is 5.54 Å². The molecule has 0 atom stereocenters. The standard InChI is InChI=1S/C13H19N3O/c1-13(2)12(17)15-10-6-5-9(4-3-7-14)8-11(10)16-13/h5-6,8,16H,3-4,7,14H2,1-2H3,(H,15,17). The highest BCUT2D eigenvalue weighted by Crippen LogP contribution is 2.31. The molecular formula is C13H19N3O. The van der Waals surface area contributed by atoms with Crippen LogP contribution in [0, 0.1) is 0 Å². The Kier molecular flexibility index (Phi) is 3.07. The molecule has 1 aromatic carbocycles. The van der Waals surface area contributed by atoms with Gasteiger partial charge in [0.2, 0.25) is 5.91 Å². The Morgan fingerprint density at radius 2 is 2.06 bits per heavy atom. The van der Waals surface area contributed by atoms with Gasteiger partial charge in [-0.2, -0.15) is 0 Å². The van der Waals surface area contributed by atoms with Gasteiger partial charge in [-0.15, -0.1) is 0 Å². The molecule has 2 rings (SSSR count). The van der Waals surface area contributed by atoms with Crippen molar-refractivity contribution in [3.05, 3.63) is 23.8 Å². The van der Waals surface area contributed by atoms with Crippen molar-refractivity contribution in [2.45, 2.75) is 32.2 Å². The highest BCUT2D eigenvalue weighted by Gasteiger charge is 2.32. The van der Waals surface area contributed by atoms with Crippen LogP contribution in [0.5, 0.6) is 0 Å². The Labute approximate surface area is 102 Å². The first kappa shape index (κ1) is 11.9. The number of carbonyl (C=O) groups excluding carboxylic acids is 1. The van der Waals surface area contributed by atoms with Crippen molar-refractivity contribution < 1.29 is 4.79 Å². The van der Waals surface area contributed by atoms with E-state index in [1.54, 1.807) is 0 Å². The van der Waals surface area contributed by atoms with Gasteiger partial charge in [-0.1, -0.05) is 6.07 Å². The number of benzene rings is 1. The van der Waals surface area contributed by atoms with Crippen LogP contribution in [0.3, 0.4) is 0 Å². The van der Waals surface area contributed by atoms with Crippen LogP contribution < -0.4 is 16.4 Å². The predicted molar refractivity (Wildman–Crippen MR) is 70.1 cm³/mol. The molecule has 1 heterocycles. The lowest BCUT2D eigenvalue weighted by atomic mass is 9.98. The summed E-state index contributed by atoms with van der Waals surface area (Å²) in [6, 6.07) is 6.07. The van der Waals surface area contributed by atoms with Crippen LogP contribution >= 0.6 is 0 Å². The van der Waals surface area contributed by atoms with E-state index in [1.165, 1.54) is 5.56 Å². The molecule has 1 aromatic rings. The zero-order valence-electron chi connectivity index (χ0n) is 10.3. The average Bonchev–Trinajstić information content (AvgIpc) is 2.27. The number of nitrogens with two attached hydrogens (primary N) is 1. The molecule has 0 aliphatic carbocycles. The third kappa shape index (κ3) is 2.42. The maximum Gasteiger partial charge on any atom is 0.249 e. The second kappa shape index (κ2) is 4.37. The van der Waals surface area contributed by atoms with E-state index in [0.29, 0.717) is 6.54 Å². The van der Waals surface area contributed by atoms with Crippen molar-refractivity contribution in [2.24, 2.45) is 5.73 Å². The summed E-state index contributed by atoms with van der Waals surface area (Å²) in [5.41, 5.74) is 8.03. The summed E-state index contributed by atoms with van der Waals surface area (Å²) in [5, 5.41) is 6.17. The van der Waals surface area contributed by atoms with E-state index in [2.05, 4.69) is 16.7 Å². The molecule has 0 unspecified atom stereocenters. The van der Waals surface area contributed by atoms with E-state index in [4.69, 9.17) is 5.73 Å². The summed E-state index contributed by atoms with van der Waals surface area (Å²) in [6.07, 6.45) is 1.95. The van der Waals surface area contributed by atoms with Gasteiger partial charge in [0.15, 0.2) is 0 Å². The molecule has 0 bridgehead atoms. The predicted octanol–water partition coefficient (Wildman–Crippen LogP) is 1.72. The normalized spacial score (nSPS) is 17.0. The molecule has 0 aromatic heterocycles. The summed E-state index contributed by atoms with van der Waals surface area (Å²) in [7, 11) is 0. The van der Waals surface area contributed by atoms with Crippen LogP contribution in [0.25, 0.3) is 0 Å². The molecule has 0 fully saturated rings. The number of nitrogens with one attached hydrogen (secondary N) is 2. The molecule has 0 spiro atoms. The highest BCUT2D eigenvalue weighted by molar-refractivity contribution is 6.05. The smallest absolute Gasteiger partial charge is 0.249 e. The fourth-order valence-electron chi connectivity index (χ4n) is 1.94. The van der Waals surface area contributed by atoms with Crippen molar-refractivity contribution in [3.63, 3.8) is 0 Å². The molecule has 4 nitrogen and oxygen atoms in total. The van der Waals surface area contributed by atoms with Crippen molar-refractivity contribution in [3.8, 4) is 0 Å². The van der Waals surface area contributed by atoms with Gasteiger partial charge < -0.3 is 16.4 Å². The van der Waals surface area contributed by atoms with Gasteiger partial charge in [-0.05, 0) is 50.9 Å². The van der Waals surface area contributed by atoms with Crippen LogP contribution in [0.1, 0.15) is 25.8 Å². The Bertz CT molecular complexity index is 440. The first-order chi connectivity index (χ1) is 8.03. The molecule has 0 saturated carbocycles. The third-order valence-electron chi connectivity index (χ3n) is 3.02. The third-order valence-corrected chi connectivity index (χ3v) is 3.02. The number of anilines is 2. The minimum Gasteiger partial charge on any atom is -0.370 e. The average molecular weight is 233 g/mol. The summed E-state index contributed by atoms with van der Waals surface area (Å²) in [6.45, 7) is 4.45. The minimum atomic E-state index is -0.556. The highest BCUT2D eigenvalue weighted by atomic mass is 16.2. The zero-order chi connectivity index (χ0) is 12.5. The van der Waals surface area contributed by atoms with Gasteiger partial charge in [0.25, 0.3) is 0 Å². The fraction of sp³-hybridized carbons (Fsp3) is 0.462. The van der Waals surface area contributed by atoms with Gasteiger partial charge in [0.05, 0.1) is 11.4 Å². The number of fused-ring (bicyclic) bond motifs is 1. The van der Waals surface area contributed by atoms with E-state index in [-0.39, 0.29) is 5.91 Å². The summed E-state index contributed by atoms with van der Waals surface area (Å²) < 4.78 is 0. The topological polar surface area (TPSA) is 67.2 Å². The second-order valence-corrected chi connectivity index (χ2v) is 4.98. The molecule has 1 aliphatic rings. The van der Waals surface area contributed by atoms with E-state index >= 15 is 0 Å². The summed E-state index contributed by atoms with van der Waals surface area (Å²) >= 11 is 0. The molecule has 1 aliphatic heterocycles. The number of aryl methyl sites for hydroxylation is 1. The van der Waals surface area contributed by atoms with E-state index in [1.807, 2.05) is 26.0 Å². The molecule has 1 amide bonds. The Hall–Kier alpha value is -1.55. The van der Waals surface area contributed by atoms with Crippen LogP contribution in [-0.2, 0) is 11.2 Å². The van der Waals surface area contributed by atoms with Gasteiger partial charge >= 0.3 is 0 Å². The second-order valence-electron chi connectivity index (χ2n) is 4.98. The summed E-state index contributed by atoms with van der Waals surface area (Å²) in [5.74, 6) is -0.000270. The Balaban J connectivity index is 2.24. The molecule has 4 N–H and O–H groups in total. The van der Waals surface area contributed by atoms with Gasteiger partial charge in [-0.3, -0.25) is 4.79 Å². The minimum absolute atomic E-state index is 0.000270. The van der Waals surface area contributed by atoms with Crippen molar-refractivity contribution in [1.82, 2.24) is 0 Å². The monoisotopic (exact) mass is 233 g/mol. The number of hydrogen-bond donors (Lipinski definition) is 3. The van der Waals surface area contributed by atoms with Crippen molar-refractivity contribution in [1.29, 1.82) is 0 Å². The van der Waals surface area contributed by atoms with Crippen LogP contribution in [0.15, 0.2) is 18.2 Å². The molecule has 0 saturated heterocycles. The number of carbonyl (C=O) groups is 1. The Morgan fingerprint density at radius 3 is 2.76 bits per heavy atom. The van der Waals surface area contributed by atoms with Crippen LogP contribution in [-0.4, -0.2) is 18.0 Å². The summed E-state index contributed by atoms with van der Waals surface area (Å²) in [4.78, 5) is 11.7. The van der Waals surface area contributed by atoms with Crippen molar-refractivity contribution >= 4 is 17.3 Å². The lowest BCUT2D eigenvalue weighted by Crippen LogP contribution is -2.47. The van der Waals surface area contributed by atoms with E-state index in [0.717, 1.165) is 24.2 Å². The molecule has 92 valence electrons. The molecule has 0 radical (unpaired) electrons. The fourth-order valence-corrected chi connectivity index (χ4v) is 1.94. The molecular weight excluding hydrogens is 214 g/mol. The van der Waals surface area contributed by atoms with Crippen LogP contribution in [0.2, 0.25) is 0 Å². The van der Waals surface area contributed by atoms with E-state index in [9.17, 15) is 4.79 Å². The molecule has 17 heavy (non-hydrogen) atoms. The largest absolute Gasteiger partial charge is 0.370 e. The quantitative estimate of drug-likeness (QED) is 0.744. The molecule has 4 heteroatoms. The van der Waals surface area contributed by atoms with E-state index < -0.39 is 5.54 Å². The van der Waals surface area contributed by atoms with Gasteiger partial charge in [-0.25, -0.2) is 0 Å². The lowest BCUT2D eigenvalue weighted by molar-refractivity contribution is -0.119. The zero-order valence-corrected chi connectivity index (χ0v) is 10.3.